The molecule has 2 nitrogen and oxygen atoms in total. The lowest BCUT2D eigenvalue weighted by molar-refractivity contribution is -0.105. The second-order valence-corrected chi connectivity index (χ2v) is 4.45. The molecule has 1 aliphatic rings. The molecule has 84 valence electrons. The summed E-state index contributed by atoms with van der Waals surface area (Å²) in [5.41, 5.74) is 0.261. The lowest BCUT2D eigenvalue weighted by atomic mass is 9.77. The number of hydrogen-bond acceptors (Lipinski definition) is 2. The first-order valence-corrected chi connectivity index (χ1v) is 6.11. The van der Waals surface area contributed by atoms with Crippen molar-refractivity contribution in [2.45, 2.75) is 57.5 Å². The second kappa shape index (κ2) is 6.41. The molecular formula is C12H25NO. The maximum Gasteiger partial charge on any atom is 0.0694 e. The number of hydrogen-bond donors (Lipinski definition) is 1. The maximum absolute atomic E-state index is 6.03. The first-order valence-electron chi connectivity index (χ1n) is 6.11. The third kappa shape index (κ3) is 3.58. The van der Waals surface area contributed by atoms with E-state index in [0.29, 0.717) is 0 Å². The number of rotatable bonds is 8. The van der Waals surface area contributed by atoms with Crippen molar-refractivity contribution < 1.29 is 4.74 Å². The van der Waals surface area contributed by atoms with Crippen LogP contribution in [0.3, 0.4) is 0 Å². The molecule has 0 unspecified atom stereocenters. The quantitative estimate of drug-likeness (QED) is 0.607. The molecule has 0 aromatic heterocycles. The Morgan fingerprint density at radius 1 is 1.29 bits per heavy atom. The summed E-state index contributed by atoms with van der Waals surface area (Å²) in [4.78, 5) is 0. The van der Waals surface area contributed by atoms with E-state index in [1.54, 1.807) is 0 Å². The molecule has 0 saturated heterocycles. The Balaban J connectivity index is 2.10. The van der Waals surface area contributed by atoms with E-state index < -0.39 is 0 Å². The average molecular weight is 199 g/mol. The zero-order valence-electron chi connectivity index (χ0n) is 9.77. The van der Waals surface area contributed by atoms with Crippen LogP contribution in [0.15, 0.2) is 0 Å². The topological polar surface area (TPSA) is 21.3 Å². The minimum Gasteiger partial charge on any atom is -0.375 e. The second-order valence-electron chi connectivity index (χ2n) is 4.45. The monoisotopic (exact) mass is 199 g/mol. The summed E-state index contributed by atoms with van der Waals surface area (Å²) in [7, 11) is 2.02. The summed E-state index contributed by atoms with van der Waals surface area (Å²) < 4.78 is 6.03. The number of unbranched alkanes of at least 4 members (excludes halogenated alkanes) is 2. The molecule has 1 aliphatic carbocycles. The van der Waals surface area contributed by atoms with Gasteiger partial charge in [0.15, 0.2) is 0 Å². The van der Waals surface area contributed by atoms with Crippen molar-refractivity contribution in [2.75, 3.05) is 20.2 Å². The Bertz CT molecular complexity index is 143. The summed E-state index contributed by atoms with van der Waals surface area (Å²) >= 11 is 0. The molecule has 0 spiro atoms. The molecule has 14 heavy (non-hydrogen) atoms. The average Bonchev–Trinajstić information content (AvgIpc) is 2.15. The minimum absolute atomic E-state index is 0.261. The van der Waals surface area contributed by atoms with Gasteiger partial charge in [0.25, 0.3) is 0 Å². The summed E-state index contributed by atoms with van der Waals surface area (Å²) in [6, 6.07) is 0. The molecule has 1 fully saturated rings. The van der Waals surface area contributed by atoms with Gasteiger partial charge in [0.2, 0.25) is 0 Å². The SMILES string of the molecule is CCCCCOC1(CCNC)CCC1. The zero-order valence-corrected chi connectivity index (χ0v) is 9.77. The molecule has 0 aromatic carbocycles. The lowest BCUT2D eigenvalue weighted by Gasteiger charge is -2.42. The maximum atomic E-state index is 6.03. The molecule has 0 amide bonds. The first kappa shape index (κ1) is 12.0. The van der Waals surface area contributed by atoms with E-state index in [1.165, 1.54) is 44.9 Å². The fourth-order valence-electron chi connectivity index (χ4n) is 2.03. The summed E-state index contributed by atoms with van der Waals surface area (Å²) in [5, 5.41) is 3.21. The van der Waals surface area contributed by atoms with Gasteiger partial charge in [-0.3, -0.25) is 0 Å². The lowest BCUT2D eigenvalue weighted by Crippen LogP contribution is -2.42. The molecule has 1 rings (SSSR count). The van der Waals surface area contributed by atoms with E-state index in [2.05, 4.69) is 12.2 Å². The van der Waals surface area contributed by atoms with Gasteiger partial charge in [-0.05, 0) is 45.7 Å². The van der Waals surface area contributed by atoms with Gasteiger partial charge in [-0.15, -0.1) is 0 Å². The van der Waals surface area contributed by atoms with Crippen LogP contribution in [0.5, 0.6) is 0 Å². The van der Waals surface area contributed by atoms with Crippen LogP contribution in [-0.2, 0) is 4.74 Å². The first-order chi connectivity index (χ1) is 6.83. The van der Waals surface area contributed by atoms with Gasteiger partial charge >= 0.3 is 0 Å². The standard InChI is InChI=1S/C12H25NO/c1-3-4-5-11-14-12(7-6-8-12)9-10-13-2/h13H,3-11H2,1-2H3. The molecule has 1 saturated carbocycles. The highest BCUT2D eigenvalue weighted by Gasteiger charge is 2.36. The van der Waals surface area contributed by atoms with E-state index in [9.17, 15) is 0 Å². The molecule has 2 heteroatoms. The van der Waals surface area contributed by atoms with Gasteiger partial charge in [0, 0.05) is 6.61 Å². The van der Waals surface area contributed by atoms with Crippen molar-refractivity contribution in [2.24, 2.45) is 0 Å². The van der Waals surface area contributed by atoms with Crippen molar-refractivity contribution in [1.82, 2.24) is 5.32 Å². The predicted octanol–water partition coefficient (Wildman–Crippen LogP) is 2.73. The van der Waals surface area contributed by atoms with E-state index in [4.69, 9.17) is 4.74 Å². The van der Waals surface area contributed by atoms with Gasteiger partial charge in [0.05, 0.1) is 5.60 Å². The molecule has 0 aliphatic heterocycles. The highest BCUT2D eigenvalue weighted by molar-refractivity contribution is 4.90. The van der Waals surface area contributed by atoms with Crippen LogP contribution in [0.2, 0.25) is 0 Å². The fraction of sp³-hybridized carbons (Fsp3) is 1.00. The number of nitrogens with one attached hydrogen (secondary N) is 1. The summed E-state index contributed by atoms with van der Waals surface area (Å²) in [5.74, 6) is 0. The molecule has 0 radical (unpaired) electrons. The van der Waals surface area contributed by atoms with Crippen LogP contribution in [0, 0.1) is 0 Å². The Labute approximate surface area is 88.4 Å². The van der Waals surface area contributed by atoms with Gasteiger partial charge in [-0.2, -0.15) is 0 Å². The van der Waals surface area contributed by atoms with E-state index in [-0.39, 0.29) is 5.60 Å². The molecule has 0 heterocycles. The highest BCUT2D eigenvalue weighted by Crippen LogP contribution is 2.38. The molecular weight excluding hydrogens is 174 g/mol. The normalized spacial score (nSPS) is 19.3. The van der Waals surface area contributed by atoms with Crippen molar-refractivity contribution in [3.8, 4) is 0 Å². The van der Waals surface area contributed by atoms with Crippen LogP contribution >= 0.6 is 0 Å². The zero-order chi connectivity index (χ0) is 10.3. The Morgan fingerprint density at radius 3 is 2.57 bits per heavy atom. The van der Waals surface area contributed by atoms with Crippen LogP contribution < -0.4 is 5.32 Å². The van der Waals surface area contributed by atoms with Crippen LogP contribution in [0.25, 0.3) is 0 Å². The third-order valence-corrected chi connectivity index (χ3v) is 3.25. The van der Waals surface area contributed by atoms with Crippen molar-refractivity contribution >= 4 is 0 Å². The molecule has 0 atom stereocenters. The smallest absolute Gasteiger partial charge is 0.0694 e. The van der Waals surface area contributed by atoms with Gasteiger partial charge in [0.1, 0.15) is 0 Å². The Hall–Kier alpha value is -0.0800. The third-order valence-electron chi connectivity index (χ3n) is 3.25. The minimum atomic E-state index is 0.261. The van der Waals surface area contributed by atoms with Crippen LogP contribution in [-0.4, -0.2) is 25.8 Å². The van der Waals surface area contributed by atoms with Crippen LogP contribution in [0.1, 0.15) is 51.9 Å². The predicted molar refractivity (Wildman–Crippen MR) is 60.6 cm³/mol. The van der Waals surface area contributed by atoms with Crippen molar-refractivity contribution in [1.29, 1.82) is 0 Å². The molecule has 1 N–H and O–H groups in total. The fourth-order valence-corrected chi connectivity index (χ4v) is 2.03. The number of ether oxygens (including phenoxy) is 1. The van der Waals surface area contributed by atoms with Gasteiger partial charge < -0.3 is 10.1 Å². The van der Waals surface area contributed by atoms with E-state index in [0.717, 1.165) is 13.2 Å². The summed E-state index contributed by atoms with van der Waals surface area (Å²) in [6.07, 6.45) is 8.93. The molecule has 0 aromatic rings. The molecule has 0 bridgehead atoms. The van der Waals surface area contributed by atoms with Crippen molar-refractivity contribution in [3.05, 3.63) is 0 Å². The highest BCUT2D eigenvalue weighted by atomic mass is 16.5. The van der Waals surface area contributed by atoms with Gasteiger partial charge in [-0.1, -0.05) is 19.8 Å². The van der Waals surface area contributed by atoms with E-state index in [1.807, 2.05) is 7.05 Å². The Kier molecular flexibility index (Phi) is 5.49. The largest absolute Gasteiger partial charge is 0.375 e. The van der Waals surface area contributed by atoms with Crippen molar-refractivity contribution in [3.63, 3.8) is 0 Å². The van der Waals surface area contributed by atoms with Gasteiger partial charge in [-0.25, -0.2) is 0 Å². The summed E-state index contributed by atoms with van der Waals surface area (Å²) in [6.45, 7) is 4.30. The van der Waals surface area contributed by atoms with Crippen LogP contribution in [0.4, 0.5) is 0 Å². The van der Waals surface area contributed by atoms with E-state index >= 15 is 0 Å². The Morgan fingerprint density at radius 2 is 2.07 bits per heavy atom.